The fourth-order valence-corrected chi connectivity index (χ4v) is 1.13. The van der Waals surface area contributed by atoms with Gasteiger partial charge in [-0.2, -0.15) is 0 Å². The molecule has 0 saturated carbocycles. The van der Waals surface area contributed by atoms with Crippen LogP contribution in [0.15, 0.2) is 0 Å². The fourth-order valence-electron chi connectivity index (χ4n) is 1.13. The summed E-state index contributed by atoms with van der Waals surface area (Å²) in [7, 11) is 1.67. The highest BCUT2D eigenvalue weighted by Crippen LogP contribution is 2.03. The number of hydrogen-bond donors (Lipinski definition) is 1. The van der Waals surface area contributed by atoms with Gasteiger partial charge in [0.15, 0.2) is 5.69 Å². The largest absolute Gasteiger partial charge is 0.476 e. The maximum Gasteiger partial charge on any atom is 0.358 e. The van der Waals surface area contributed by atoms with Gasteiger partial charge in [-0.05, 0) is 13.8 Å². The summed E-state index contributed by atoms with van der Waals surface area (Å²) >= 11 is 0. The third-order valence-corrected chi connectivity index (χ3v) is 2.37. The van der Waals surface area contributed by atoms with E-state index in [-0.39, 0.29) is 18.1 Å². The number of rotatable bonds is 4. The Kier molecular flexibility index (Phi) is 3.60. The van der Waals surface area contributed by atoms with Crippen molar-refractivity contribution in [1.29, 1.82) is 0 Å². The SMILES string of the molecule is CCN(C)C(=O)Cn1nnc(C(=O)O)c1C. The van der Waals surface area contributed by atoms with Gasteiger partial charge in [-0.3, -0.25) is 4.79 Å². The lowest BCUT2D eigenvalue weighted by atomic mass is 10.3. The lowest BCUT2D eigenvalue weighted by Crippen LogP contribution is -2.30. The number of nitrogens with zero attached hydrogens (tertiary/aromatic N) is 4. The molecule has 1 heterocycles. The van der Waals surface area contributed by atoms with Gasteiger partial charge in [0, 0.05) is 13.6 Å². The predicted molar refractivity (Wildman–Crippen MR) is 55.0 cm³/mol. The van der Waals surface area contributed by atoms with E-state index >= 15 is 0 Å². The molecule has 0 aliphatic rings. The number of carboxylic acid groups (broad SMARTS) is 1. The third kappa shape index (κ3) is 2.36. The molecule has 0 aromatic carbocycles. The van der Waals surface area contributed by atoms with Crippen LogP contribution in [-0.4, -0.2) is 50.5 Å². The van der Waals surface area contributed by atoms with Gasteiger partial charge in [-0.15, -0.1) is 5.10 Å². The highest BCUT2D eigenvalue weighted by molar-refractivity contribution is 5.86. The van der Waals surface area contributed by atoms with E-state index in [0.717, 1.165) is 0 Å². The van der Waals surface area contributed by atoms with E-state index in [1.807, 2.05) is 6.92 Å². The first-order valence-corrected chi connectivity index (χ1v) is 4.84. The smallest absolute Gasteiger partial charge is 0.358 e. The Bertz CT molecular complexity index is 413. The summed E-state index contributed by atoms with van der Waals surface area (Å²) in [6, 6.07) is 0. The van der Waals surface area contributed by atoms with Crippen LogP contribution >= 0.6 is 0 Å². The van der Waals surface area contributed by atoms with Gasteiger partial charge in [0.2, 0.25) is 5.91 Å². The Morgan fingerprint density at radius 2 is 2.12 bits per heavy atom. The van der Waals surface area contributed by atoms with E-state index in [1.54, 1.807) is 14.0 Å². The van der Waals surface area contributed by atoms with Crippen molar-refractivity contribution in [3.63, 3.8) is 0 Å². The monoisotopic (exact) mass is 226 g/mol. The number of aromatic carboxylic acids is 1. The van der Waals surface area contributed by atoms with Crippen molar-refractivity contribution in [1.82, 2.24) is 19.9 Å². The first-order chi connectivity index (χ1) is 7.47. The molecule has 1 N–H and O–H groups in total. The summed E-state index contributed by atoms with van der Waals surface area (Å²) in [6.45, 7) is 4.03. The first-order valence-electron chi connectivity index (χ1n) is 4.84. The summed E-state index contributed by atoms with van der Waals surface area (Å²) in [4.78, 5) is 23.8. The summed E-state index contributed by atoms with van der Waals surface area (Å²) in [6.07, 6.45) is 0. The quantitative estimate of drug-likeness (QED) is 0.765. The molecule has 1 aromatic heterocycles. The molecule has 88 valence electrons. The second kappa shape index (κ2) is 4.73. The molecule has 0 fully saturated rings. The number of carboxylic acids is 1. The van der Waals surface area contributed by atoms with E-state index in [1.165, 1.54) is 9.58 Å². The van der Waals surface area contributed by atoms with Gasteiger partial charge in [0.25, 0.3) is 0 Å². The molecule has 1 amide bonds. The van der Waals surface area contributed by atoms with E-state index in [9.17, 15) is 9.59 Å². The van der Waals surface area contributed by atoms with Crippen LogP contribution in [0.2, 0.25) is 0 Å². The lowest BCUT2D eigenvalue weighted by molar-refractivity contribution is -0.130. The summed E-state index contributed by atoms with van der Waals surface area (Å²) in [5.41, 5.74) is 0.261. The van der Waals surface area contributed by atoms with Gasteiger partial charge in [0.05, 0.1) is 5.69 Å². The zero-order valence-corrected chi connectivity index (χ0v) is 9.47. The van der Waals surface area contributed by atoms with Crippen molar-refractivity contribution in [3.05, 3.63) is 11.4 Å². The number of amides is 1. The van der Waals surface area contributed by atoms with Crippen molar-refractivity contribution in [3.8, 4) is 0 Å². The lowest BCUT2D eigenvalue weighted by Gasteiger charge is -2.14. The average molecular weight is 226 g/mol. The maximum absolute atomic E-state index is 11.6. The molecule has 0 saturated heterocycles. The molecular formula is C9H14N4O3. The van der Waals surface area contributed by atoms with E-state index in [4.69, 9.17) is 5.11 Å². The zero-order valence-electron chi connectivity index (χ0n) is 9.47. The molecule has 1 aromatic rings. The van der Waals surface area contributed by atoms with E-state index in [0.29, 0.717) is 12.2 Å². The molecule has 0 aliphatic heterocycles. The summed E-state index contributed by atoms with van der Waals surface area (Å²) in [5.74, 6) is -1.27. The van der Waals surface area contributed by atoms with Gasteiger partial charge in [0.1, 0.15) is 6.54 Å². The average Bonchev–Trinajstić information content (AvgIpc) is 2.59. The van der Waals surface area contributed by atoms with Gasteiger partial charge in [-0.1, -0.05) is 5.21 Å². The molecular weight excluding hydrogens is 212 g/mol. The number of likely N-dealkylation sites (N-methyl/N-ethyl adjacent to an activating group) is 1. The number of hydrogen-bond acceptors (Lipinski definition) is 4. The van der Waals surface area contributed by atoms with Crippen LogP contribution in [-0.2, 0) is 11.3 Å². The van der Waals surface area contributed by atoms with E-state index in [2.05, 4.69) is 10.3 Å². The third-order valence-electron chi connectivity index (χ3n) is 2.37. The molecule has 0 bridgehead atoms. The number of carbonyl (C=O) groups is 2. The van der Waals surface area contributed by atoms with Crippen molar-refractivity contribution in [2.24, 2.45) is 0 Å². The number of aromatic nitrogens is 3. The van der Waals surface area contributed by atoms with Crippen molar-refractivity contribution in [2.45, 2.75) is 20.4 Å². The van der Waals surface area contributed by atoms with Crippen LogP contribution in [0.1, 0.15) is 23.1 Å². The predicted octanol–water partition coefficient (Wildman–Crippen LogP) is -0.237. The van der Waals surface area contributed by atoms with Crippen molar-refractivity contribution < 1.29 is 14.7 Å². The molecule has 0 unspecified atom stereocenters. The standard InChI is InChI=1S/C9H14N4O3/c1-4-12(3)7(14)5-13-6(2)8(9(15)16)10-11-13/h4-5H2,1-3H3,(H,15,16). The maximum atomic E-state index is 11.6. The Balaban J connectivity index is 2.83. The van der Waals surface area contributed by atoms with Crippen LogP contribution in [0.3, 0.4) is 0 Å². The molecule has 0 spiro atoms. The van der Waals surface area contributed by atoms with Crippen molar-refractivity contribution in [2.75, 3.05) is 13.6 Å². The Morgan fingerprint density at radius 3 is 2.56 bits per heavy atom. The van der Waals surface area contributed by atoms with Crippen LogP contribution in [0.25, 0.3) is 0 Å². The fraction of sp³-hybridized carbons (Fsp3) is 0.556. The van der Waals surface area contributed by atoms with Crippen molar-refractivity contribution >= 4 is 11.9 Å². The Morgan fingerprint density at radius 1 is 1.50 bits per heavy atom. The Hall–Kier alpha value is -1.92. The molecule has 0 aliphatic carbocycles. The van der Waals surface area contributed by atoms with Crippen LogP contribution < -0.4 is 0 Å². The molecule has 16 heavy (non-hydrogen) atoms. The topological polar surface area (TPSA) is 88.3 Å². The van der Waals surface area contributed by atoms with Gasteiger partial charge in [-0.25, -0.2) is 9.48 Å². The minimum atomic E-state index is -1.14. The summed E-state index contributed by atoms with van der Waals surface area (Å²) < 4.78 is 1.29. The minimum Gasteiger partial charge on any atom is -0.476 e. The van der Waals surface area contributed by atoms with Gasteiger partial charge < -0.3 is 10.0 Å². The second-order valence-electron chi connectivity index (χ2n) is 3.39. The molecule has 7 heteroatoms. The molecule has 0 radical (unpaired) electrons. The number of carbonyl (C=O) groups excluding carboxylic acids is 1. The van der Waals surface area contributed by atoms with Crippen LogP contribution in [0, 0.1) is 6.92 Å². The highest BCUT2D eigenvalue weighted by Gasteiger charge is 2.17. The van der Waals surface area contributed by atoms with Gasteiger partial charge >= 0.3 is 5.97 Å². The molecule has 0 atom stereocenters. The normalized spacial score (nSPS) is 10.2. The zero-order chi connectivity index (χ0) is 12.3. The summed E-state index contributed by atoms with van der Waals surface area (Å²) in [5, 5.41) is 15.9. The highest BCUT2D eigenvalue weighted by atomic mass is 16.4. The minimum absolute atomic E-state index is 0.0104. The second-order valence-corrected chi connectivity index (χ2v) is 3.39. The van der Waals surface area contributed by atoms with E-state index < -0.39 is 5.97 Å². The molecule has 7 nitrogen and oxygen atoms in total. The van der Waals surface area contributed by atoms with Crippen LogP contribution in [0.4, 0.5) is 0 Å². The first kappa shape index (κ1) is 12.2. The molecule has 1 rings (SSSR count). The Labute approximate surface area is 92.7 Å². The van der Waals surface area contributed by atoms with Crippen LogP contribution in [0.5, 0.6) is 0 Å².